The van der Waals surface area contributed by atoms with Crippen LogP contribution < -0.4 is 0 Å². The Kier molecular flexibility index (Phi) is 2.72. The standard InChI is InChI=1S/C12H19N3O2/c1-11(2,3)7-9-14-13-8-15(9)12(10(16)17)5-4-6-12/h8H,4-7H2,1-3H3,(H,16,17). The van der Waals surface area contributed by atoms with Crippen LogP contribution in [0.15, 0.2) is 6.33 Å². The minimum atomic E-state index is -0.788. The number of aliphatic carboxylic acids is 1. The van der Waals surface area contributed by atoms with E-state index in [1.807, 2.05) is 0 Å². The van der Waals surface area contributed by atoms with Crippen LogP contribution in [-0.4, -0.2) is 25.8 Å². The van der Waals surface area contributed by atoms with Crippen LogP contribution in [0.4, 0.5) is 0 Å². The van der Waals surface area contributed by atoms with E-state index in [-0.39, 0.29) is 5.41 Å². The van der Waals surface area contributed by atoms with Crippen molar-refractivity contribution in [2.45, 2.75) is 52.0 Å². The van der Waals surface area contributed by atoms with Gasteiger partial charge in [0, 0.05) is 6.42 Å². The van der Waals surface area contributed by atoms with E-state index in [9.17, 15) is 9.90 Å². The molecule has 1 aliphatic rings. The summed E-state index contributed by atoms with van der Waals surface area (Å²) in [6, 6.07) is 0. The van der Waals surface area contributed by atoms with Gasteiger partial charge in [-0.25, -0.2) is 4.79 Å². The fourth-order valence-corrected chi connectivity index (χ4v) is 2.28. The molecule has 1 aromatic rings. The minimum Gasteiger partial charge on any atom is -0.479 e. The smallest absolute Gasteiger partial charge is 0.329 e. The van der Waals surface area contributed by atoms with Crippen molar-refractivity contribution in [1.82, 2.24) is 14.8 Å². The number of hydrogen-bond acceptors (Lipinski definition) is 3. The number of hydrogen-bond donors (Lipinski definition) is 1. The second-order valence-electron chi connectivity index (χ2n) is 6.04. The van der Waals surface area contributed by atoms with Crippen LogP contribution in [0.25, 0.3) is 0 Å². The molecule has 2 rings (SSSR count). The molecular formula is C12H19N3O2. The lowest BCUT2D eigenvalue weighted by Crippen LogP contribution is -2.48. The molecule has 5 nitrogen and oxygen atoms in total. The molecule has 0 spiro atoms. The highest BCUT2D eigenvalue weighted by molar-refractivity contribution is 5.78. The van der Waals surface area contributed by atoms with Crippen molar-refractivity contribution in [3.05, 3.63) is 12.2 Å². The maximum atomic E-state index is 11.4. The van der Waals surface area contributed by atoms with E-state index in [0.29, 0.717) is 12.8 Å². The minimum absolute atomic E-state index is 0.0776. The van der Waals surface area contributed by atoms with E-state index < -0.39 is 11.5 Å². The van der Waals surface area contributed by atoms with Crippen molar-refractivity contribution >= 4 is 5.97 Å². The highest BCUT2D eigenvalue weighted by Crippen LogP contribution is 2.40. The Balaban J connectivity index is 2.33. The van der Waals surface area contributed by atoms with Crippen LogP contribution >= 0.6 is 0 Å². The Labute approximate surface area is 101 Å². The van der Waals surface area contributed by atoms with Gasteiger partial charge in [0.15, 0.2) is 0 Å². The summed E-state index contributed by atoms with van der Waals surface area (Å²) in [5.74, 6) is 0.0123. The number of carboxylic acid groups (broad SMARTS) is 1. The molecule has 0 amide bonds. The predicted octanol–water partition coefficient (Wildman–Crippen LogP) is 1.83. The first kappa shape index (κ1) is 12.1. The largest absolute Gasteiger partial charge is 0.479 e. The number of carbonyl (C=O) groups is 1. The molecule has 0 saturated heterocycles. The van der Waals surface area contributed by atoms with Gasteiger partial charge in [0.2, 0.25) is 0 Å². The third-order valence-electron chi connectivity index (χ3n) is 3.35. The van der Waals surface area contributed by atoms with Crippen LogP contribution in [0.2, 0.25) is 0 Å². The van der Waals surface area contributed by atoms with E-state index in [1.165, 1.54) is 0 Å². The molecule has 94 valence electrons. The van der Waals surface area contributed by atoms with Crippen LogP contribution in [0.1, 0.15) is 45.9 Å². The van der Waals surface area contributed by atoms with Gasteiger partial charge in [0.1, 0.15) is 17.7 Å². The molecule has 17 heavy (non-hydrogen) atoms. The summed E-state index contributed by atoms with van der Waals surface area (Å²) in [4.78, 5) is 11.4. The summed E-state index contributed by atoms with van der Waals surface area (Å²) in [5.41, 5.74) is -0.710. The van der Waals surface area contributed by atoms with Gasteiger partial charge in [0.05, 0.1) is 0 Å². The molecule has 1 N–H and O–H groups in total. The van der Waals surface area contributed by atoms with Gasteiger partial charge in [-0.1, -0.05) is 20.8 Å². The third kappa shape index (κ3) is 2.06. The van der Waals surface area contributed by atoms with Crippen LogP contribution in [0.5, 0.6) is 0 Å². The molecule has 0 unspecified atom stereocenters. The highest BCUT2D eigenvalue weighted by Gasteiger charge is 2.47. The molecule has 5 heteroatoms. The zero-order chi connectivity index (χ0) is 12.7. The first-order valence-corrected chi connectivity index (χ1v) is 5.98. The summed E-state index contributed by atoms with van der Waals surface area (Å²) in [5, 5.41) is 17.4. The lowest BCUT2D eigenvalue weighted by Gasteiger charge is -2.39. The number of rotatable bonds is 3. The molecule has 0 bridgehead atoms. The Morgan fingerprint density at radius 3 is 2.59 bits per heavy atom. The van der Waals surface area contributed by atoms with Gasteiger partial charge < -0.3 is 9.67 Å². The van der Waals surface area contributed by atoms with Gasteiger partial charge in [-0.3, -0.25) is 0 Å². The average Bonchev–Trinajstić information content (AvgIpc) is 2.47. The van der Waals surface area contributed by atoms with Crippen molar-refractivity contribution in [3.63, 3.8) is 0 Å². The van der Waals surface area contributed by atoms with Crippen molar-refractivity contribution in [3.8, 4) is 0 Å². The Hall–Kier alpha value is -1.39. The zero-order valence-corrected chi connectivity index (χ0v) is 10.6. The molecule has 1 aromatic heterocycles. The predicted molar refractivity (Wildman–Crippen MR) is 62.6 cm³/mol. The van der Waals surface area contributed by atoms with Gasteiger partial charge in [-0.05, 0) is 24.7 Å². The average molecular weight is 237 g/mol. The lowest BCUT2D eigenvalue weighted by molar-refractivity contribution is -0.152. The van der Waals surface area contributed by atoms with Crippen molar-refractivity contribution in [2.24, 2.45) is 5.41 Å². The number of carboxylic acids is 1. The molecule has 0 radical (unpaired) electrons. The van der Waals surface area contributed by atoms with Crippen molar-refractivity contribution in [1.29, 1.82) is 0 Å². The molecule has 0 aliphatic heterocycles. The van der Waals surface area contributed by atoms with Crippen molar-refractivity contribution in [2.75, 3.05) is 0 Å². The van der Waals surface area contributed by atoms with Gasteiger partial charge in [-0.15, -0.1) is 10.2 Å². The highest BCUT2D eigenvalue weighted by atomic mass is 16.4. The molecule has 0 aromatic carbocycles. The third-order valence-corrected chi connectivity index (χ3v) is 3.35. The molecule has 1 aliphatic carbocycles. The summed E-state index contributed by atoms with van der Waals surface area (Å²) < 4.78 is 1.77. The maximum absolute atomic E-state index is 11.4. The first-order chi connectivity index (χ1) is 7.85. The molecular weight excluding hydrogens is 218 g/mol. The first-order valence-electron chi connectivity index (χ1n) is 5.98. The van der Waals surface area contributed by atoms with Crippen LogP contribution in [-0.2, 0) is 16.8 Å². The summed E-state index contributed by atoms with van der Waals surface area (Å²) in [6.45, 7) is 6.33. The van der Waals surface area contributed by atoms with Crippen LogP contribution in [0, 0.1) is 5.41 Å². The second-order valence-corrected chi connectivity index (χ2v) is 6.04. The maximum Gasteiger partial charge on any atom is 0.329 e. The summed E-state index contributed by atoms with van der Waals surface area (Å²) in [6.07, 6.45) is 4.62. The molecule has 0 atom stereocenters. The molecule has 1 fully saturated rings. The Morgan fingerprint density at radius 2 is 2.18 bits per heavy atom. The van der Waals surface area contributed by atoms with Crippen molar-refractivity contribution < 1.29 is 9.90 Å². The van der Waals surface area contributed by atoms with Crippen LogP contribution in [0.3, 0.4) is 0 Å². The summed E-state index contributed by atoms with van der Waals surface area (Å²) >= 11 is 0. The van der Waals surface area contributed by atoms with E-state index in [0.717, 1.165) is 18.7 Å². The van der Waals surface area contributed by atoms with Gasteiger partial charge in [-0.2, -0.15) is 0 Å². The van der Waals surface area contributed by atoms with Gasteiger partial charge in [0.25, 0.3) is 0 Å². The molecule has 1 saturated carbocycles. The molecule has 1 heterocycles. The topological polar surface area (TPSA) is 68.0 Å². The summed E-state index contributed by atoms with van der Waals surface area (Å²) in [7, 11) is 0. The fraction of sp³-hybridized carbons (Fsp3) is 0.750. The number of nitrogens with zero attached hydrogens (tertiary/aromatic N) is 3. The normalized spacial score (nSPS) is 18.8. The van der Waals surface area contributed by atoms with E-state index in [4.69, 9.17) is 0 Å². The van der Waals surface area contributed by atoms with E-state index in [1.54, 1.807) is 10.9 Å². The monoisotopic (exact) mass is 237 g/mol. The van der Waals surface area contributed by atoms with E-state index >= 15 is 0 Å². The quantitative estimate of drug-likeness (QED) is 0.870. The Morgan fingerprint density at radius 1 is 1.53 bits per heavy atom. The second kappa shape index (κ2) is 3.82. The Bertz CT molecular complexity index is 427. The fourth-order valence-electron chi connectivity index (χ4n) is 2.28. The SMILES string of the molecule is CC(C)(C)Cc1nncn1C1(C(=O)O)CCC1. The van der Waals surface area contributed by atoms with Gasteiger partial charge >= 0.3 is 5.97 Å². The lowest BCUT2D eigenvalue weighted by atomic mass is 9.76. The number of aromatic nitrogens is 3. The zero-order valence-electron chi connectivity index (χ0n) is 10.6. The van der Waals surface area contributed by atoms with E-state index in [2.05, 4.69) is 31.0 Å².